The van der Waals surface area contributed by atoms with Crippen LogP contribution < -0.4 is 0 Å². The lowest BCUT2D eigenvalue weighted by Crippen LogP contribution is -2.36. The Labute approximate surface area is 80.6 Å². The van der Waals surface area contributed by atoms with Crippen molar-refractivity contribution in [3.05, 3.63) is 0 Å². The Morgan fingerprint density at radius 2 is 1.85 bits per heavy atom. The summed E-state index contributed by atoms with van der Waals surface area (Å²) in [6.45, 7) is 1.98. The molecule has 1 aliphatic rings. The molecule has 1 rings (SSSR count). The molecule has 0 heterocycles. The van der Waals surface area contributed by atoms with E-state index in [0.29, 0.717) is 0 Å². The van der Waals surface area contributed by atoms with Crippen LogP contribution in [0.25, 0.3) is 0 Å². The van der Waals surface area contributed by atoms with Gasteiger partial charge in [-0.15, -0.1) is 0 Å². The molecule has 0 radical (unpaired) electrons. The van der Waals surface area contributed by atoms with Gasteiger partial charge in [-0.25, -0.2) is 0 Å². The zero-order valence-corrected chi connectivity index (χ0v) is 8.42. The molecule has 1 unspecified atom stereocenters. The van der Waals surface area contributed by atoms with Crippen molar-refractivity contribution in [2.75, 3.05) is 0 Å². The van der Waals surface area contributed by atoms with E-state index in [4.69, 9.17) is 5.26 Å². The summed E-state index contributed by atoms with van der Waals surface area (Å²) in [6.07, 6.45) is 6.99. The SMILES string of the molecule is CCC(C#N)C1(O)CCCCCC1. The minimum Gasteiger partial charge on any atom is -0.389 e. The van der Waals surface area contributed by atoms with Crippen molar-refractivity contribution in [3.8, 4) is 6.07 Å². The number of nitrogens with zero attached hydrogens (tertiary/aromatic N) is 1. The quantitative estimate of drug-likeness (QED) is 0.665. The Kier molecular flexibility index (Phi) is 3.74. The van der Waals surface area contributed by atoms with Crippen LogP contribution in [0.4, 0.5) is 0 Å². The highest BCUT2D eigenvalue weighted by atomic mass is 16.3. The summed E-state index contributed by atoms with van der Waals surface area (Å²) < 4.78 is 0. The van der Waals surface area contributed by atoms with E-state index in [9.17, 15) is 5.11 Å². The Morgan fingerprint density at radius 1 is 1.31 bits per heavy atom. The largest absolute Gasteiger partial charge is 0.389 e. The van der Waals surface area contributed by atoms with E-state index in [0.717, 1.165) is 32.1 Å². The van der Waals surface area contributed by atoms with Gasteiger partial charge >= 0.3 is 0 Å². The first kappa shape index (κ1) is 10.5. The molecule has 0 aliphatic heterocycles. The fourth-order valence-corrected chi connectivity index (χ4v) is 2.28. The minimum absolute atomic E-state index is 0.161. The van der Waals surface area contributed by atoms with Crippen molar-refractivity contribution in [2.45, 2.75) is 57.5 Å². The molecule has 1 N–H and O–H groups in total. The van der Waals surface area contributed by atoms with Crippen LogP contribution in [0.2, 0.25) is 0 Å². The predicted octanol–water partition coefficient (Wildman–Crippen LogP) is 2.62. The lowest BCUT2D eigenvalue weighted by atomic mass is 9.80. The summed E-state index contributed by atoms with van der Waals surface area (Å²) >= 11 is 0. The van der Waals surface area contributed by atoms with Gasteiger partial charge in [0.15, 0.2) is 0 Å². The maximum atomic E-state index is 10.3. The smallest absolute Gasteiger partial charge is 0.0805 e. The maximum Gasteiger partial charge on any atom is 0.0805 e. The highest BCUT2D eigenvalue weighted by Gasteiger charge is 2.35. The fourth-order valence-electron chi connectivity index (χ4n) is 2.28. The Balaban J connectivity index is 2.65. The van der Waals surface area contributed by atoms with E-state index in [1.54, 1.807) is 0 Å². The van der Waals surface area contributed by atoms with Gasteiger partial charge < -0.3 is 5.11 Å². The molecule has 2 nitrogen and oxygen atoms in total. The Hall–Kier alpha value is -0.550. The molecular formula is C11H19NO. The van der Waals surface area contributed by atoms with Crippen LogP contribution in [0.15, 0.2) is 0 Å². The summed E-state index contributed by atoms with van der Waals surface area (Å²) in [4.78, 5) is 0. The van der Waals surface area contributed by atoms with Crippen molar-refractivity contribution >= 4 is 0 Å². The second-order valence-corrected chi connectivity index (χ2v) is 4.11. The lowest BCUT2D eigenvalue weighted by Gasteiger charge is -2.30. The van der Waals surface area contributed by atoms with Gasteiger partial charge in [0.2, 0.25) is 0 Å². The van der Waals surface area contributed by atoms with Gasteiger partial charge in [-0.3, -0.25) is 0 Å². The molecule has 74 valence electrons. The number of rotatable bonds is 2. The third-order valence-corrected chi connectivity index (χ3v) is 3.18. The molecule has 1 aliphatic carbocycles. The Morgan fingerprint density at radius 3 is 2.23 bits per heavy atom. The van der Waals surface area contributed by atoms with Crippen LogP contribution in [0.1, 0.15) is 51.9 Å². The molecule has 0 aromatic heterocycles. The number of nitriles is 1. The predicted molar refractivity (Wildman–Crippen MR) is 52.0 cm³/mol. The second kappa shape index (κ2) is 4.62. The molecule has 13 heavy (non-hydrogen) atoms. The third-order valence-electron chi connectivity index (χ3n) is 3.18. The number of hydrogen-bond acceptors (Lipinski definition) is 2. The first-order chi connectivity index (χ1) is 6.23. The standard InChI is InChI=1S/C11H19NO/c1-2-10(9-12)11(13)7-5-3-4-6-8-11/h10,13H,2-8H2,1H3. The van der Waals surface area contributed by atoms with Crippen molar-refractivity contribution in [1.29, 1.82) is 5.26 Å². The Bertz CT molecular complexity index is 187. The van der Waals surface area contributed by atoms with Crippen molar-refractivity contribution in [2.24, 2.45) is 5.92 Å². The highest BCUT2D eigenvalue weighted by molar-refractivity contribution is 4.98. The van der Waals surface area contributed by atoms with E-state index in [1.165, 1.54) is 12.8 Å². The zero-order chi connectivity index (χ0) is 9.73. The molecule has 0 bridgehead atoms. The normalized spacial score (nSPS) is 24.4. The van der Waals surface area contributed by atoms with Gasteiger partial charge in [0, 0.05) is 0 Å². The van der Waals surface area contributed by atoms with E-state index < -0.39 is 5.60 Å². The maximum absolute atomic E-state index is 10.3. The van der Waals surface area contributed by atoms with Crippen LogP contribution in [-0.4, -0.2) is 10.7 Å². The van der Waals surface area contributed by atoms with Crippen molar-refractivity contribution < 1.29 is 5.11 Å². The summed E-state index contributed by atoms with van der Waals surface area (Å²) in [5.74, 6) is -0.161. The van der Waals surface area contributed by atoms with Crippen LogP contribution in [0.3, 0.4) is 0 Å². The molecule has 0 amide bonds. The average molecular weight is 181 g/mol. The molecule has 2 heteroatoms. The first-order valence-corrected chi connectivity index (χ1v) is 5.35. The topological polar surface area (TPSA) is 44.0 Å². The first-order valence-electron chi connectivity index (χ1n) is 5.35. The molecule has 0 aromatic rings. The second-order valence-electron chi connectivity index (χ2n) is 4.11. The van der Waals surface area contributed by atoms with E-state index in [-0.39, 0.29) is 5.92 Å². The van der Waals surface area contributed by atoms with Crippen molar-refractivity contribution in [3.63, 3.8) is 0 Å². The van der Waals surface area contributed by atoms with Gasteiger partial charge in [0.1, 0.15) is 0 Å². The van der Waals surface area contributed by atoms with Crippen LogP contribution in [0.5, 0.6) is 0 Å². The summed E-state index contributed by atoms with van der Waals surface area (Å²) in [7, 11) is 0. The minimum atomic E-state index is -0.681. The van der Waals surface area contributed by atoms with Crippen LogP contribution >= 0.6 is 0 Å². The highest BCUT2D eigenvalue weighted by Crippen LogP contribution is 2.34. The van der Waals surface area contributed by atoms with Crippen LogP contribution in [0, 0.1) is 17.2 Å². The summed E-state index contributed by atoms with van der Waals surface area (Å²) in [6, 6.07) is 2.24. The van der Waals surface area contributed by atoms with Crippen molar-refractivity contribution in [1.82, 2.24) is 0 Å². The zero-order valence-electron chi connectivity index (χ0n) is 8.42. The van der Waals surface area contributed by atoms with Gasteiger partial charge in [0.25, 0.3) is 0 Å². The van der Waals surface area contributed by atoms with E-state index in [1.807, 2.05) is 6.92 Å². The number of hydrogen-bond donors (Lipinski definition) is 1. The molecular weight excluding hydrogens is 162 g/mol. The molecule has 0 saturated heterocycles. The number of aliphatic hydroxyl groups is 1. The molecule has 1 saturated carbocycles. The van der Waals surface area contributed by atoms with Crippen LogP contribution in [-0.2, 0) is 0 Å². The molecule has 0 aromatic carbocycles. The average Bonchev–Trinajstić information content (AvgIpc) is 2.33. The van der Waals surface area contributed by atoms with Gasteiger partial charge in [0.05, 0.1) is 17.6 Å². The fraction of sp³-hybridized carbons (Fsp3) is 0.909. The molecule has 0 spiro atoms. The summed E-state index contributed by atoms with van der Waals surface area (Å²) in [5, 5.41) is 19.2. The van der Waals surface area contributed by atoms with Gasteiger partial charge in [-0.1, -0.05) is 32.6 Å². The monoisotopic (exact) mass is 181 g/mol. The molecule has 1 fully saturated rings. The van der Waals surface area contributed by atoms with E-state index in [2.05, 4.69) is 6.07 Å². The third kappa shape index (κ3) is 2.45. The lowest BCUT2D eigenvalue weighted by molar-refractivity contribution is -0.0131. The molecule has 1 atom stereocenters. The van der Waals surface area contributed by atoms with Gasteiger partial charge in [-0.2, -0.15) is 5.26 Å². The summed E-state index contributed by atoms with van der Waals surface area (Å²) in [5.41, 5.74) is -0.681. The van der Waals surface area contributed by atoms with Gasteiger partial charge in [-0.05, 0) is 19.3 Å². The van der Waals surface area contributed by atoms with E-state index >= 15 is 0 Å².